The third-order valence-corrected chi connectivity index (χ3v) is 9.78. The van der Waals surface area contributed by atoms with Crippen molar-refractivity contribution in [2.24, 2.45) is 5.73 Å². The molecule has 0 aliphatic rings. The SMILES string of the molecule is CC(C)n1c(=O)[nH]c(Cl)c(F)c1=O.CC(C)n1c(=O)[nH]c(N[C@@H](C)c2cccc(Cl)c2)c(F)c1=O.CN(C)c1cccc2cccc(N(C)C)c12.C[C@H](N)c1cccc(Cl)c1. The van der Waals surface area contributed by atoms with Gasteiger partial charge in [0.1, 0.15) is 5.82 Å². The maximum atomic E-state index is 14.2. The van der Waals surface area contributed by atoms with E-state index >= 15 is 0 Å². The summed E-state index contributed by atoms with van der Waals surface area (Å²) in [7, 11) is 8.34. The number of nitrogens with zero attached hydrogens (tertiary/aromatic N) is 4. The molecule has 0 amide bonds. The van der Waals surface area contributed by atoms with Gasteiger partial charge in [-0.25, -0.2) is 9.59 Å². The van der Waals surface area contributed by atoms with Gasteiger partial charge in [0.2, 0.25) is 11.6 Å². The standard InChI is InChI=1S/C15H17ClFN3O2.C14H18N2.C8H10ClN.C7H8ClFN2O2/c1-8(2)20-14(21)12(17)13(19-15(20)22)18-9(3)10-5-4-6-11(16)7-10;1-15(2)12-9-5-7-11-8-6-10-13(14(11)12)16(3)4;1-6(10)7-3-2-4-8(9)5-7;1-3(2)11-6(12)4(9)5(8)10-7(11)13/h4-9,18H,1-3H3,(H,19,22);5-10H,1-4H3;2-6H,10H2,1H3;3H,1-2H3,(H,10,13)/t9-;;6-;/m0.0./s1. The van der Waals surface area contributed by atoms with Gasteiger partial charge in [0.05, 0.1) is 6.04 Å². The lowest BCUT2D eigenvalue weighted by atomic mass is 10.1. The summed E-state index contributed by atoms with van der Waals surface area (Å²) in [4.78, 5) is 54.8. The molecule has 4 aromatic carbocycles. The Balaban J connectivity index is 0.000000226. The molecule has 0 radical (unpaired) electrons. The molecule has 12 nitrogen and oxygen atoms in total. The molecular weight excluding hydrogens is 849 g/mol. The summed E-state index contributed by atoms with van der Waals surface area (Å²) >= 11 is 16.9. The molecule has 2 heterocycles. The number of halogens is 5. The first kappa shape index (κ1) is 49.9. The van der Waals surface area contributed by atoms with Crippen molar-refractivity contribution in [1.82, 2.24) is 19.1 Å². The highest BCUT2D eigenvalue weighted by atomic mass is 35.5. The van der Waals surface area contributed by atoms with Crippen LogP contribution in [0.1, 0.15) is 76.8 Å². The summed E-state index contributed by atoms with van der Waals surface area (Å²) in [6, 6.07) is 26.4. The molecule has 0 aliphatic carbocycles. The van der Waals surface area contributed by atoms with Crippen LogP contribution in [-0.2, 0) is 0 Å². The molecule has 0 saturated carbocycles. The highest BCUT2D eigenvalue weighted by Gasteiger charge is 2.18. The number of anilines is 3. The Morgan fingerprint density at radius 1 is 0.623 bits per heavy atom. The van der Waals surface area contributed by atoms with Crippen molar-refractivity contribution in [3.8, 4) is 0 Å². The number of nitrogens with two attached hydrogens (primary N) is 1. The fraction of sp³-hybridized carbons (Fsp3) is 0.318. The van der Waals surface area contributed by atoms with Crippen LogP contribution >= 0.6 is 34.8 Å². The molecule has 0 fully saturated rings. The Hall–Kier alpha value is -5.41. The van der Waals surface area contributed by atoms with Crippen LogP contribution in [0.3, 0.4) is 0 Å². The van der Waals surface area contributed by atoms with Crippen LogP contribution in [0.4, 0.5) is 26.0 Å². The Bertz CT molecular complexity index is 2620. The lowest BCUT2D eigenvalue weighted by Gasteiger charge is -2.21. The maximum Gasteiger partial charge on any atom is 0.330 e. The third kappa shape index (κ3) is 13.3. The minimum Gasteiger partial charge on any atom is -0.377 e. The molecule has 0 aliphatic heterocycles. The summed E-state index contributed by atoms with van der Waals surface area (Å²) in [5, 5.41) is 6.15. The molecule has 0 spiro atoms. The van der Waals surface area contributed by atoms with Crippen LogP contribution < -0.4 is 43.3 Å². The van der Waals surface area contributed by atoms with Crippen molar-refractivity contribution in [3.63, 3.8) is 0 Å². The summed E-state index contributed by atoms with van der Waals surface area (Å²) in [6.45, 7) is 10.2. The predicted molar refractivity (Wildman–Crippen MR) is 248 cm³/mol. The zero-order valence-electron chi connectivity index (χ0n) is 35.8. The van der Waals surface area contributed by atoms with Gasteiger partial charge in [0.25, 0.3) is 11.1 Å². The number of nitrogens with one attached hydrogen (secondary N) is 3. The molecular formula is C44H53Cl3F2N8O4. The topological polar surface area (TPSA) is 154 Å². The van der Waals surface area contributed by atoms with E-state index in [0.29, 0.717) is 5.02 Å². The Morgan fingerprint density at radius 3 is 1.48 bits per heavy atom. The van der Waals surface area contributed by atoms with E-state index < -0.39 is 51.4 Å². The molecule has 6 aromatic rings. The van der Waals surface area contributed by atoms with Crippen LogP contribution in [0.15, 0.2) is 104 Å². The van der Waals surface area contributed by atoms with E-state index in [-0.39, 0.29) is 17.9 Å². The highest BCUT2D eigenvalue weighted by Crippen LogP contribution is 2.33. The van der Waals surface area contributed by atoms with E-state index in [1.54, 1.807) is 52.8 Å². The number of rotatable bonds is 8. The average molecular weight is 902 g/mol. The van der Waals surface area contributed by atoms with Crippen molar-refractivity contribution in [1.29, 1.82) is 0 Å². The number of H-pyrrole nitrogens is 2. The zero-order valence-corrected chi connectivity index (χ0v) is 38.0. The summed E-state index contributed by atoms with van der Waals surface area (Å²) in [5.41, 5.74) is 6.74. The molecule has 6 rings (SSSR count). The van der Waals surface area contributed by atoms with Crippen LogP contribution in [0.5, 0.6) is 0 Å². The van der Waals surface area contributed by atoms with Gasteiger partial charge in [-0.05, 0) is 94.5 Å². The summed E-state index contributed by atoms with van der Waals surface area (Å²) < 4.78 is 28.7. The molecule has 328 valence electrons. The predicted octanol–water partition coefficient (Wildman–Crippen LogP) is 9.32. The van der Waals surface area contributed by atoms with E-state index in [9.17, 15) is 28.0 Å². The molecule has 17 heteroatoms. The summed E-state index contributed by atoms with van der Waals surface area (Å²) in [5.74, 6) is -2.36. The van der Waals surface area contributed by atoms with Gasteiger partial charge in [-0.15, -0.1) is 0 Å². The van der Waals surface area contributed by atoms with E-state index in [1.165, 1.54) is 22.1 Å². The first-order chi connectivity index (χ1) is 28.6. The van der Waals surface area contributed by atoms with Crippen LogP contribution in [0.25, 0.3) is 10.8 Å². The third-order valence-electron chi connectivity index (χ3n) is 9.05. The molecule has 61 heavy (non-hydrogen) atoms. The fourth-order valence-corrected chi connectivity index (χ4v) is 6.54. The lowest BCUT2D eigenvalue weighted by molar-refractivity contribution is 0.497. The van der Waals surface area contributed by atoms with E-state index in [2.05, 4.69) is 84.7 Å². The largest absolute Gasteiger partial charge is 0.377 e. The van der Waals surface area contributed by atoms with Crippen molar-refractivity contribution in [2.45, 2.75) is 65.7 Å². The molecule has 0 saturated heterocycles. The first-order valence-electron chi connectivity index (χ1n) is 19.2. The molecule has 0 bridgehead atoms. The van der Waals surface area contributed by atoms with Crippen molar-refractivity contribution >= 4 is 62.8 Å². The van der Waals surface area contributed by atoms with Gasteiger partial charge in [-0.2, -0.15) is 8.78 Å². The zero-order chi connectivity index (χ0) is 45.9. The van der Waals surface area contributed by atoms with Crippen molar-refractivity contribution in [3.05, 3.63) is 165 Å². The highest BCUT2D eigenvalue weighted by molar-refractivity contribution is 6.31. The van der Waals surface area contributed by atoms with E-state index in [0.717, 1.165) is 25.3 Å². The first-order valence-corrected chi connectivity index (χ1v) is 20.3. The van der Waals surface area contributed by atoms with Gasteiger partial charge in [0.15, 0.2) is 5.15 Å². The van der Waals surface area contributed by atoms with Gasteiger partial charge in [0, 0.05) is 73.1 Å². The van der Waals surface area contributed by atoms with Crippen molar-refractivity contribution < 1.29 is 8.78 Å². The second kappa shape index (κ2) is 22.4. The van der Waals surface area contributed by atoms with Crippen LogP contribution in [0, 0.1) is 11.6 Å². The number of hydrogen-bond acceptors (Lipinski definition) is 8. The maximum absolute atomic E-state index is 14.2. The number of aromatic amines is 2. The second-order valence-corrected chi connectivity index (χ2v) is 16.2. The molecule has 0 unspecified atom stereocenters. The second-order valence-electron chi connectivity index (χ2n) is 14.9. The lowest BCUT2D eigenvalue weighted by Crippen LogP contribution is -2.39. The van der Waals surface area contributed by atoms with Gasteiger partial charge >= 0.3 is 11.4 Å². The number of aromatic nitrogens is 4. The smallest absolute Gasteiger partial charge is 0.330 e. The minimum atomic E-state index is -1.13. The average Bonchev–Trinajstić information content (AvgIpc) is 3.18. The van der Waals surface area contributed by atoms with Crippen molar-refractivity contribution in [2.75, 3.05) is 43.3 Å². The van der Waals surface area contributed by atoms with Gasteiger partial charge in [-0.1, -0.05) is 83.3 Å². The summed E-state index contributed by atoms with van der Waals surface area (Å²) in [6.07, 6.45) is 0. The van der Waals surface area contributed by atoms with Gasteiger partial charge in [-0.3, -0.25) is 28.7 Å². The molecule has 2 aromatic heterocycles. The number of benzene rings is 4. The Morgan fingerprint density at radius 2 is 1.05 bits per heavy atom. The van der Waals surface area contributed by atoms with E-state index in [1.807, 2.05) is 42.2 Å². The van der Waals surface area contributed by atoms with Crippen LogP contribution in [-0.4, -0.2) is 47.3 Å². The van der Waals surface area contributed by atoms with Crippen LogP contribution in [0.2, 0.25) is 15.2 Å². The molecule has 5 N–H and O–H groups in total. The number of fused-ring (bicyclic) bond motifs is 1. The quantitative estimate of drug-likeness (QED) is 0.110. The molecule has 2 atom stereocenters. The van der Waals surface area contributed by atoms with E-state index in [4.69, 9.17) is 40.5 Å². The normalized spacial score (nSPS) is 11.7. The Labute approximate surface area is 368 Å². The van der Waals surface area contributed by atoms with Gasteiger partial charge < -0.3 is 20.9 Å². The fourth-order valence-electron chi connectivity index (χ4n) is 5.98. The number of hydrogen-bond donors (Lipinski definition) is 4. The monoisotopic (exact) mass is 900 g/mol. The Kier molecular flexibility index (Phi) is 18.4. The minimum absolute atomic E-state index is 0.0682.